The molecule has 4 nitrogen and oxygen atoms in total. The summed E-state index contributed by atoms with van der Waals surface area (Å²) in [6.07, 6.45) is 0. The average Bonchev–Trinajstić information content (AvgIpc) is 2.38. The molecule has 0 unspecified atom stereocenters. The number of ether oxygens (including phenoxy) is 1. The van der Waals surface area contributed by atoms with Crippen LogP contribution in [0.4, 0.5) is 5.82 Å². The van der Waals surface area contributed by atoms with Crippen LogP contribution in [0.5, 0.6) is 5.75 Å². The van der Waals surface area contributed by atoms with Crippen molar-refractivity contribution in [3.05, 3.63) is 29.8 Å². The number of fused-ring (bicyclic) bond motifs is 1. The van der Waals surface area contributed by atoms with E-state index in [9.17, 15) is 0 Å². The lowest BCUT2D eigenvalue weighted by molar-refractivity contribution is 0.415. The van der Waals surface area contributed by atoms with Crippen molar-refractivity contribution in [3.8, 4) is 5.75 Å². The van der Waals surface area contributed by atoms with Crippen molar-refractivity contribution in [3.63, 3.8) is 0 Å². The summed E-state index contributed by atoms with van der Waals surface area (Å²) >= 11 is 0. The number of benzene rings is 1. The van der Waals surface area contributed by atoms with Crippen LogP contribution in [0, 0.1) is 6.92 Å². The smallest absolute Gasteiger partial charge is 0.147 e. The highest BCUT2D eigenvalue weighted by Gasteiger charge is 2.14. The molecule has 0 saturated heterocycles. The van der Waals surface area contributed by atoms with Crippen LogP contribution < -0.4 is 21.5 Å². The maximum atomic E-state index is 5.58. The van der Waals surface area contributed by atoms with Crippen LogP contribution in [0.3, 0.4) is 0 Å². The molecule has 5 heteroatoms. The van der Waals surface area contributed by atoms with E-state index in [4.69, 9.17) is 10.6 Å². The second kappa shape index (κ2) is 4.94. The van der Waals surface area contributed by atoms with E-state index in [0.717, 1.165) is 38.8 Å². The molecule has 0 saturated carbocycles. The molecule has 19 heavy (non-hydrogen) atoms. The van der Waals surface area contributed by atoms with E-state index in [1.54, 1.807) is 7.11 Å². The van der Waals surface area contributed by atoms with E-state index in [0.29, 0.717) is 5.82 Å². The molecule has 1 aromatic carbocycles. The molecule has 0 bridgehead atoms. The second-order valence-corrected chi connectivity index (χ2v) is 4.73. The maximum Gasteiger partial charge on any atom is 0.147 e. The van der Waals surface area contributed by atoms with Crippen LogP contribution in [0.15, 0.2) is 18.7 Å². The number of pyridine rings is 1. The Labute approximate surface area is 114 Å². The number of nitrogens with zero attached hydrogens (tertiary/aromatic N) is 1. The molecule has 1 heterocycles. The first kappa shape index (κ1) is 13.4. The Morgan fingerprint density at radius 3 is 2.68 bits per heavy atom. The minimum Gasteiger partial charge on any atom is -0.497 e. The Bertz CT molecular complexity index is 668. The molecule has 0 fully saturated rings. The number of hydrazine groups is 1. The number of aryl methyl sites for hydroxylation is 1. The predicted octanol–water partition coefficient (Wildman–Crippen LogP) is 1.13. The molecule has 0 aliphatic heterocycles. The second-order valence-electron chi connectivity index (χ2n) is 4.73. The number of rotatable bonds is 3. The summed E-state index contributed by atoms with van der Waals surface area (Å²) in [5.74, 6) is 7.06. The van der Waals surface area contributed by atoms with E-state index >= 15 is 0 Å². The van der Waals surface area contributed by atoms with Gasteiger partial charge in [-0.1, -0.05) is 12.0 Å². The van der Waals surface area contributed by atoms with Crippen LogP contribution in [-0.4, -0.2) is 19.9 Å². The fourth-order valence-electron chi connectivity index (χ4n) is 2.41. The van der Waals surface area contributed by atoms with Gasteiger partial charge >= 0.3 is 0 Å². The van der Waals surface area contributed by atoms with Gasteiger partial charge in [0, 0.05) is 5.56 Å². The monoisotopic (exact) mass is 255 g/mol. The van der Waals surface area contributed by atoms with Gasteiger partial charge in [0.05, 0.1) is 12.6 Å². The Morgan fingerprint density at radius 1 is 1.47 bits per heavy atom. The SMILES string of the molecule is Bc1c(C(=C)C)c(NN)nc2c(C)cc(OC)cc12. The number of allylic oxidation sites excluding steroid dienone is 1. The quantitative estimate of drug-likeness (QED) is 0.490. The van der Waals surface area contributed by atoms with Gasteiger partial charge in [0.1, 0.15) is 19.4 Å². The lowest BCUT2D eigenvalue weighted by Crippen LogP contribution is -2.19. The normalized spacial score (nSPS) is 10.5. The molecule has 0 aliphatic carbocycles. The van der Waals surface area contributed by atoms with Crippen LogP contribution in [0.2, 0.25) is 0 Å². The highest BCUT2D eigenvalue weighted by molar-refractivity contribution is 6.41. The summed E-state index contributed by atoms with van der Waals surface area (Å²) < 4.78 is 5.32. The highest BCUT2D eigenvalue weighted by atomic mass is 16.5. The summed E-state index contributed by atoms with van der Waals surface area (Å²) in [5, 5.41) is 1.06. The third-order valence-electron chi connectivity index (χ3n) is 3.31. The number of nitrogens with one attached hydrogen (secondary N) is 1. The zero-order chi connectivity index (χ0) is 14.2. The van der Waals surface area contributed by atoms with Crippen molar-refractivity contribution in [2.45, 2.75) is 13.8 Å². The van der Waals surface area contributed by atoms with Gasteiger partial charge < -0.3 is 10.2 Å². The van der Waals surface area contributed by atoms with E-state index in [1.807, 2.05) is 33.8 Å². The largest absolute Gasteiger partial charge is 0.497 e. The van der Waals surface area contributed by atoms with Gasteiger partial charge in [0.15, 0.2) is 0 Å². The van der Waals surface area contributed by atoms with Gasteiger partial charge in [-0.15, -0.1) is 0 Å². The minimum atomic E-state index is 0.658. The molecule has 2 aromatic rings. The van der Waals surface area contributed by atoms with Gasteiger partial charge in [-0.3, -0.25) is 0 Å². The zero-order valence-corrected chi connectivity index (χ0v) is 11.8. The molecular weight excluding hydrogens is 237 g/mol. The number of aromatic nitrogens is 1. The minimum absolute atomic E-state index is 0.658. The van der Waals surface area contributed by atoms with E-state index in [1.165, 1.54) is 0 Å². The Morgan fingerprint density at radius 2 is 2.16 bits per heavy atom. The van der Waals surface area contributed by atoms with E-state index in [2.05, 4.69) is 17.0 Å². The Balaban J connectivity index is 2.91. The third-order valence-corrected chi connectivity index (χ3v) is 3.31. The standard InChI is InChI=1S/C14H18BN3O/c1-7(2)11-12(15)10-6-9(19-4)5-8(3)13(10)17-14(11)18-16/h5-6H,1,15-16H2,2-4H3,(H,17,18). The molecule has 2 rings (SSSR count). The van der Waals surface area contributed by atoms with Crippen molar-refractivity contribution >= 4 is 35.6 Å². The summed E-state index contributed by atoms with van der Waals surface area (Å²) in [5.41, 5.74) is 7.64. The summed E-state index contributed by atoms with van der Waals surface area (Å²) in [4.78, 5) is 4.60. The van der Waals surface area contributed by atoms with Gasteiger partial charge in [-0.2, -0.15) is 0 Å². The number of hydrogen-bond donors (Lipinski definition) is 2. The maximum absolute atomic E-state index is 5.58. The molecule has 0 amide bonds. The summed E-state index contributed by atoms with van der Waals surface area (Å²) in [6.45, 7) is 7.96. The summed E-state index contributed by atoms with van der Waals surface area (Å²) in [6, 6.07) is 3.97. The van der Waals surface area contributed by atoms with E-state index < -0.39 is 0 Å². The molecule has 1 aromatic heterocycles. The fourth-order valence-corrected chi connectivity index (χ4v) is 2.41. The molecule has 0 radical (unpaired) electrons. The van der Waals surface area contributed by atoms with E-state index in [-0.39, 0.29) is 0 Å². The van der Waals surface area contributed by atoms with Gasteiger partial charge in [0.2, 0.25) is 0 Å². The number of anilines is 1. The van der Waals surface area contributed by atoms with Gasteiger partial charge in [-0.25, -0.2) is 10.8 Å². The molecule has 98 valence electrons. The molecule has 3 N–H and O–H groups in total. The van der Waals surface area contributed by atoms with Crippen LogP contribution in [0.25, 0.3) is 16.5 Å². The van der Waals surface area contributed by atoms with Crippen molar-refractivity contribution in [1.29, 1.82) is 0 Å². The molecule has 0 atom stereocenters. The number of hydrogen-bond acceptors (Lipinski definition) is 4. The molecular formula is C14H18BN3O. The van der Waals surface area contributed by atoms with Crippen LogP contribution in [-0.2, 0) is 0 Å². The number of methoxy groups -OCH3 is 1. The Hall–Kier alpha value is -2.01. The van der Waals surface area contributed by atoms with Crippen LogP contribution in [0.1, 0.15) is 18.1 Å². The lowest BCUT2D eigenvalue weighted by Gasteiger charge is -2.16. The van der Waals surface area contributed by atoms with Gasteiger partial charge in [-0.05, 0) is 42.5 Å². The van der Waals surface area contributed by atoms with Crippen molar-refractivity contribution in [2.75, 3.05) is 12.5 Å². The van der Waals surface area contributed by atoms with Crippen molar-refractivity contribution in [1.82, 2.24) is 4.98 Å². The zero-order valence-electron chi connectivity index (χ0n) is 11.8. The third kappa shape index (κ3) is 2.17. The average molecular weight is 255 g/mol. The first-order chi connectivity index (χ1) is 8.99. The number of nitrogen functional groups attached to an aromatic ring is 1. The van der Waals surface area contributed by atoms with Gasteiger partial charge in [0.25, 0.3) is 0 Å². The summed E-state index contributed by atoms with van der Waals surface area (Å²) in [7, 11) is 3.71. The topological polar surface area (TPSA) is 60.2 Å². The van der Waals surface area contributed by atoms with Crippen molar-refractivity contribution in [2.24, 2.45) is 5.84 Å². The van der Waals surface area contributed by atoms with Crippen LogP contribution >= 0.6 is 0 Å². The number of nitrogens with two attached hydrogens (primary N) is 1. The lowest BCUT2D eigenvalue weighted by atomic mass is 9.84. The fraction of sp³-hybridized carbons (Fsp3) is 0.214. The van der Waals surface area contributed by atoms with Crippen molar-refractivity contribution < 1.29 is 4.74 Å². The Kier molecular flexibility index (Phi) is 3.49. The first-order valence-electron chi connectivity index (χ1n) is 6.11. The first-order valence-corrected chi connectivity index (χ1v) is 6.11. The predicted molar refractivity (Wildman–Crippen MR) is 83.7 cm³/mol. The molecule has 0 spiro atoms. The highest BCUT2D eigenvalue weighted by Crippen LogP contribution is 2.27. The molecule has 0 aliphatic rings.